The molecule has 0 radical (unpaired) electrons. The maximum atomic E-state index is 13.9. The lowest BCUT2D eigenvalue weighted by atomic mass is 9.44. The highest BCUT2D eigenvalue weighted by Gasteiger charge is 2.65. The number of ether oxygens (including phenoxy) is 1. The third kappa shape index (κ3) is 4.49. The summed E-state index contributed by atoms with van der Waals surface area (Å²) >= 11 is 3.90. The van der Waals surface area contributed by atoms with Crippen LogP contribution in [0.15, 0.2) is 0 Å². The van der Waals surface area contributed by atoms with Crippen molar-refractivity contribution in [2.45, 2.75) is 117 Å². The van der Waals surface area contributed by atoms with Crippen LogP contribution in [0.1, 0.15) is 106 Å². The largest absolute Gasteiger partial charge is 0.463 e. The summed E-state index contributed by atoms with van der Waals surface area (Å²) in [5.74, 6) is 4.13. The van der Waals surface area contributed by atoms with Crippen LogP contribution >= 0.6 is 15.9 Å². The molecule has 10 atom stereocenters. The summed E-state index contributed by atoms with van der Waals surface area (Å²) in [7, 11) is 0. The quantitative estimate of drug-likeness (QED) is 0.266. The van der Waals surface area contributed by atoms with Crippen molar-refractivity contribution < 1.29 is 14.3 Å². The number of halogens is 1. The van der Waals surface area contributed by atoms with Gasteiger partial charge in [-0.2, -0.15) is 0 Å². The van der Waals surface area contributed by atoms with Crippen molar-refractivity contribution in [3.63, 3.8) is 0 Å². The average molecular weight is 524 g/mol. The lowest BCUT2D eigenvalue weighted by molar-refractivity contribution is -0.166. The predicted molar refractivity (Wildman–Crippen MR) is 137 cm³/mol. The SMILES string of the molecule is CC(=O)OC1CCC2(C)C(C1)C(Br)C(=O)C1C3CCC(C(C)CCCC(C)C)C3(C)CCC12. The summed E-state index contributed by atoms with van der Waals surface area (Å²) in [6, 6.07) is 0. The lowest BCUT2D eigenvalue weighted by Gasteiger charge is -2.61. The molecule has 0 N–H and O–H groups in total. The van der Waals surface area contributed by atoms with Gasteiger partial charge in [-0.1, -0.05) is 69.8 Å². The van der Waals surface area contributed by atoms with Crippen LogP contribution in [0.2, 0.25) is 0 Å². The summed E-state index contributed by atoms with van der Waals surface area (Å²) in [5, 5.41) is 0. The number of hydrogen-bond acceptors (Lipinski definition) is 3. The predicted octanol–water partition coefficient (Wildman–Crippen LogP) is 7.59. The molecule has 0 heterocycles. The highest BCUT2D eigenvalue weighted by atomic mass is 79.9. The second kappa shape index (κ2) is 9.58. The number of Topliss-reactive ketones (excluding diaryl/α,β-unsaturated/α-hetero) is 1. The van der Waals surface area contributed by atoms with Gasteiger partial charge in [-0.25, -0.2) is 0 Å². The molecule has 0 saturated heterocycles. The van der Waals surface area contributed by atoms with Crippen LogP contribution < -0.4 is 0 Å². The van der Waals surface area contributed by atoms with E-state index in [4.69, 9.17) is 4.74 Å². The van der Waals surface area contributed by atoms with Crippen molar-refractivity contribution in [1.29, 1.82) is 0 Å². The molecule has 4 aliphatic carbocycles. The van der Waals surface area contributed by atoms with E-state index in [2.05, 4.69) is 50.5 Å². The number of alkyl halides is 1. The molecule has 33 heavy (non-hydrogen) atoms. The zero-order valence-corrected chi connectivity index (χ0v) is 23.5. The Bertz CT molecular complexity index is 749. The van der Waals surface area contributed by atoms with Crippen LogP contribution in [0.25, 0.3) is 0 Å². The number of esters is 1. The number of fused-ring (bicyclic) bond motifs is 5. The van der Waals surface area contributed by atoms with Gasteiger partial charge < -0.3 is 4.74 Å². The lowest BCUT2D eigenvalue weighted by Crippen LogP contribution is -2.61. The van der Waals surface area contributed by atoms with Gasteiger partial charge in [0.25, 0.3) is 0 Å². The van der Waals surface area contributed by atoms with Crippen LogP contribution in [0.4, 0.5) is 0 Å². The molecule has 10 unspecified atom stereocenters. The van der Waals surface area contributed by atoms with Gasteiger partial charge in [0.15, 0.2) is 0 Å². The standard InChI is InChI=1S/C29H47BrO3/c1-17(2)8-7-9-18(3)21-10-11-22-25-23(13-15-28(21,22)5)29(6)14-12-20(33-19(4)31)16-24(29)26(30)27(25)32/h17-18,20-26H,7-16H2,1-6H3. The summed E-state index contributed by atoms with van der Waals surface area (Å²) in [6.07, 6.45) is 11.9. The Balaban J connectivity index is 1.53. The molecule has 188 valence electrons. The van der Waals surface area contributed by atoms with Crippen molar-refractivity contribution in [2.24, 2.45) is 52.3 Å². The zero-order chi connectivity index (χ0) is 24.1. The van der Waals surface area contributed by atoms with Gasteiger partial charge in [0, 0.05) is 12.8 Å². The number of carbonyl (C=O) groups is 2. The van der Waals surface area contributed by atoms with Crippen molar-refractivity contribution in [3.05, 3.63) is 0 Å². The third-order valence-electron chi connectivity index (χ3n) is 11.0. The van der Waals surface area contributed by atoms with E-state index in [1.165, 1.54) is 51.9 Å². The first-order valence-corrected chi connectivity index (χ1v) is 14.8. The van der Waals surface area contributed by atoms with Crippen molar-refractivity contribution in [3.8, 4) is 0 Å². The molecule has 4 saturated carbocycles. The van der Waals surface area contributed by atoms with Crippen molar-refractivity contribution >= 4 is 27.7 Å². The molecule has 0 amide bonds. The Labute approximate surface area is 210 Å². The minimum absolute atomic E-state index is 0.0265. The third-order valence-corrected chi connectivity index (χ3v) is 12.1. The van der Waals surface area contributed by atoms with Gasteiger partial charge in [0.1, 0.15) is 11.9 Å². The Morgan fingerprint density at radius 2 is 1.67 bits per heavy atom. The zero-order valence-electron chi connectivity index (χ0n) is 21.9. The maximum absolute atomic E-state index is 13.9. The first-order valence-electron chi connectivity index (χ1n) is 13.8. The summed E-state index contributed by atoms with van der Waals surface area (Å²) in [6.45, 7) is 13.7. The number of ketones is 1. The molecular weight excluding hydrogens is 476 g/mol. The van der Waals surface area contributed by atoms with E-state index in [1.54, 1.807) is 0 Å². The van der Waals surface area contributed by atoms with Crippen LogP contribution in [0.5, 0.6) is 0 Å². The number of carbonyl (C=O) groups excluding carboxylic acids is 2. The van der Waals surface area contributed by atoms with Crippen molar-refractivity contribution in [2.75, 3.05) is 0 Å². The molecule has 4 rings (SSSR count). The highest BCUT2D eigenvalue weighted by Crippen LogP contribution is 2.68. The van der Waals surface area contributed by atoms with Gasteiger partial charge in [0.05, 0.1) is 4.83 Å². The van der Waals surface area contributed by atoms with Gasteiger partial charge in [-0.3, -0.25) is 9.59 Å². The van der Waals surface area contributed by atoms with Gasteiger partial charge in [-0.15, -0.1) is 0 Å². The van der Waals surface area contributed by atoms with E-state index in [9.17, 15) is 9.59 Å². The normalized spacial score (nSPS) is 45.8. The monoisotopic (exact) mass is 522 g/mol. The van der Waals surface area contributed by atoms with Gasteiger partial charge >= 0.3 is 5.97 Å². The van der Waals surface area contributed by atoms with Crippen LogP contribution in [0.3, 0.4) is 0 Å². The molecule has 0 aromatic rings. The molecule has 4 aliphatic rings. The molecule has 0 aromatic heterocycles. The fourth-order valence-corrected chi connectivity index (χ4v) is 10.4. The van der Waals surface area contributed by atoms with E-state index in [0.29, 0.717) is 23.0 Å². The van der Waals surface area contributed by atoms with E-state index in [0.717, 1.165) is 37.0 Å². The Kier molecular flexibility index (Phi) is 7.46. The summed E-state index contributed by atoms with van der Waals surface area (Å²) in [4.78, 5) is 25.4. The Hall–Kier alpha value is -0.380. The minimum Gasteiger partial charge on any atom is -0.463 e. The van der Waals surface area contributed by atoms with Crippen LogP contribution in [0, 0.1) is 52.3 Å². The molecule has 0 bridgehead atoms. The van der Waals surface area contributed by atoms with Gasteiger partial charge in [-0.05, 0) is 91.3 Å². The van der Waals surface area contributed by atoms with Gasteiger partial charge in [0.2, 0.25) is 0 Å². The molecule has 4 heteroatoms. The molecule has 0 spiro atoms. The van der Waals surface area contributed by atoms with E-state index in [1.807, 2.05) is 0 Å². The first-order chi connectivity index (χ1) is 15.5. The second-order valence-corrected chi connectivity index (χ2v) is 14.2. The Morgan fingerprint density at radius 1 is 1.00 bits per heavy atom. The van der Waals surface area contributed by atoms with E-state index < -0.39 is 0 Å². The van der Waals surface area contributed by atoms with Crippen LogP contribution in [-0.4, -0.2) is 22.7 Å². The average Bonchev–Trinajstić information content (AvgIpc) is 3.09. The second-order valence-electron chi connectivity index (χ2n) is 13.2. The molecule has 3 nitrogen and oxygen atoms in total. The molecule has 4 fully saturated rings. The fraction of sp³-hybridized carbons (Fsp3) is 0.931. The maximum Gasteiger partial charge on any atom is 0.302 e. The number of hydrogen-bond donors (Lipinski definition) is 0. The molecule has 0 aromatic carbocycles. The highest BCUT2D eigenvalue weighted by molar-refractivity contribution is 9.10. The minimum atomic E-state index is -0.192. The Morgan fingerprint density at radius 3 is 2.33 bits per heavy atom. The van der Waals surface area contributed by atoms with Crippen molar-refractivity contribution in [1.82, 2.24) is 0 Å². The van der Waals surface area contributed by atoms with E-state index >= 15 is 0 Å². The van der Waals surface area contributed by atoms with Crippen LogP contribution in [-0.2, 0) is 14.3 Å². The summed E-state index contributed by atoms with van der Waals surface area (Å²) < 4.78 is 5.61. The smallest absolute Gasteiger partial charge is 0.302 e. The summed E-state index contributed by atoms with van der Waals surface area (Å²) in [5.41, 5.74) is 0.491. The fourth-order valence-electron chi connectivity index (χ4n) is 9.27. The molecule has 0 aliphatic heterocycles. The topological polar surface area (TPSA) is 43.4 Å². The van der Waals surface area contributed by atoms with E-state index in [-0.39, 0.29) is 34.2 Å². The first kappa shape index (κ1) is 25.7. The molecular formula is C29H47BrO3. The number of rotatable bonds is 6.